The number of non-ortho nitro benzene ring substituents is 1. The summed E-state index contributed by atoms with van der Waals surface area (Å²) in [7, 11) is -3.95. The average Bonchev–Trinajstić information content (AvgIpc) is 3.35. The minimum atomic E-state index is -3.95. The number of carbonyl (C=O) groups is 1. The normalized spacial score (nSPS) is 15.0. The van der Waals surface area contributed by atoms with Crippen molar-refractivity contribution in [2.24, 2.45) is 0 Å². The van der Waals surface area contributed by atoms with E-state index in [0.29, 0.717) is 0 Å². The van der Waals surface area contributed by atoms with E-state index in [1.54, 1.807) is 0 Å². The molecule has 2 aliphatic carbocycles. The minimum Gasteiger partial charge on any atom is -0.324 e. The van der Waals surface area contributed by atoms with Gasteiger partial charge in [0.05, 0.1) is 16.4 Å². The lowest BCUT2D eigenvalue weighted by atomic mass is 9.98. The first-order valence-corrected chi connectivity index (χ1v) is 11.0. The van der Waals surface area contributed by atoms with E-state index in [2.05, 4.69) is 16.1 Å². The Bertz CT molecular complexity index is 1060. The highest BCUT2D eigenvalue weighted by atomic mass is 32.2. The van der Waals surface area contributed by atoms with E-state index in [-0.39, 0.29) is 10.6 Å². The van der Waals surface area contributed by atoms with Crippen LogP contribution in [0.5, 0.6) is 0 Å². The molecule has 8 nitrogen and oxygen atoms in total. The summed E-state index contributed by atoms with van der Waals surface area (Å²) in [5.41, 5.74) is 5.59. The van der Waals surface area contributed by atoms with Crippen molar-refractivity contribution in [3.05, 3.63) is 62.7 Å². The van der Waals surface area contributed by atoms with Crippen molar-refractivity contribution in [2.75, 3.05) is 11.9 Å². The summed E-state index contributed by atoms with van der Waals surface area (Å²) < 4.78 is 27.0. The van der Waals surface area contributed by atoms with Gasteiger partial charge in [-0.05, 0) is 72.9 Å². The van der Waals surface area contributed by atoms with E-state index in [0.717, 1.165) is 68.5 Å². The zero-order valence-electron chi connectivity index (χ0n) is 15.7. The van der Waals surface area contributed by atoms with Gasteiger partial charge in [-0.2, -0.15) is 0 Å². The average molecular weight is 415 g/mol. The number of carbonyl (C=O) groups excluding carboxylic acids is 1. The summed E-state index contributed by atoms with van der Waals surface area (Å²) in [6.07, 6.45) is 6.00. The summed E-state index contributed by atoms with van der Waals surface area (Å²) in [4.78, 5) is 22.5. The standard InChI is InChI=1S/C20H21N3O5S/c24-19(12-21-29(27,28)16-9-7-15(8-10-16)23(25)26)22-20-17-5-1-3-13(17)11-14-4-2-6-18(14)20/h7-11,21H,1-6,12H2,(H,22,24). The third kappa shape index (κ3) is 3.88. The molecule has 0 bridgehead atoms. The first-order valence-electron chi connectivity index (χ1n) is 9.55. The molecule has 9 heteroatoms. The fourth-order valence-electron chi connectivity index (χ4n) is 4.14. The number of benzene rings is 2. The summed E-state index contributed by atoms with van der Waals surface area (Å²) in [6.45, 7) is -0.405. The van der Waals surface area contributed by atoms with Crippen molar-refractivity contribution >= 4 is 27.3 Å². The summed E-state index contributed by atoms with van der Waals surface area (Å²) in [5, 5.41) is 13.6. The molecule has 29 heavy (non-hydrogen) atoms. The van der Waals surface area contributed by atoms with Crippen LogP contribution in [0.2, 0.25) is 0 Å². The van der Waals surface area contributed by atoms with Crippen molar-refractivity contribution in [1.29, 1.82) is 0 Å². The molecule has 0 atom stereocenters. The molecule has 2 aromatic carbocycles. The number of anilines is 1. The molecule has 0 heterocycles. The third-order valence-corrected chi connectivity index (χ3v) is 6.94. The maximum absolute atomic E-state index is 12.5. The Morgan fingerprint density at radius 2 is 1.59 bits per heavy atom. The summed E-state index contributed by atoms with van der Waals surface area (Å²) >= 11 is 0. The molecule has 4 rings (SSSR count). The molecular weight excluding hydrogens is 394 g/mol. The zero-order valence-corrected chi connectivity index (χ0v) is 16.5. The molecule has 0 unspecified atom stereocenters. The van der Waals surface area contributed by atoms with E-state index in [9.17, 15) is 23.3 Å². The topological polar surface area (TPSA) is 118 Å². The Kier molecular flexibility index (Phi) is 5.10. The monoisotopic (exact) mass is 415 g/mol. The lowest BCUT2D eigenvalue weighted by molar-refractivity contribution is -0.384. The zero-order chi connectivity index (χ0) is 20.6. The second kappa shape index (κ2) is 7.57. The van der Waals surface area contributed by atoms with Crippen LogP contribution in [0.4, 0.5) is 11.4 Å². The Hall–Kier alpha value is -2.78. The van der Waals surface area contributed by atoms with Crippen LogP contribution in [0.25, 0.3) is 0 Å². The fraction of sp³-hybridized carbons (Fsp3) is 0.350. The highest BCUT2D eigenvalue weighted by Crippen LogP contribution is 2.38. The smallest absolute Gasteiger partial charge is 0.269 e. The number of amides is 1. The number of aryl methyl sites for hydroxylation is 2. The van der Waals surface area contributed by atoms with Gasteiger partial charge in [0.1, 0.15) is 0 Å². The second-order valence-corrected chi connectivity index (χ2v) is 9.12. The Morgan fingerprint density at radius 3 is 2.14 bits per heavy atom. The maximum atomic E-state index is 12.5. The molecular formula is C20H21N3O5S. The van der Waals surface area contributed by atoms with Crippen molar-refractivity contribution in [3.63, 3.8) is 0 Å². The summed E-state index contributed by atoms with van der Waals surface area (Å²) in [6, 6.07) is 6.79. The van der Waals surface area contributed by atoms with Gasteiger partial charge in [0.15, 0.2) is 0 Å². The number of fused-ring (bicyclic) bond motifs is 2. The minimum absolute atomic E-state index is 0.127. The predicted molar refractivity (Wildman–Crippen MR) is 107 cm³/mol. The number of sulfonamides is 1. The maximum Gasteiger partial charge on any atom is 0.269 e. The molecule has 1 amide bonds. The fourth-order valence-corrected chi connectivity index (χ4v) is 5.12. The molecule has 2 aromatic rings. The van der Waals surface area contributed by atoms with Gasteiger partial charge < -0.3 is 5.32 Å². The molecule has 0 spiro atoms. The number of rotatable bonds is 6. The first-order chi connectivity index (χ1) is 13.8. The number of nitro groups is 1. The van der Waals surface area contributed by atoms with E-state index in [1.165, 1.54) is 22.3 Å². The van der Waals surface area contributed by atoms with Crippen LogP contribution in [-0.4, -0.2) is 25.8 Å². The van der Waals surface area contributed by atoms with Gasteiger partial charge >= 0.3 is 0 Å². The van der Waals surface area contributed by atoms with Gasteiger partial charge in [-0.15, -0.1) is 0 Å². The van der Waals surface area contributed by atoms with Crippen LogP contribution < -0.4 is 10.0 Å². The van der Waals surface area contributed by atoms with E-state index < -0.39 is 27.4 Å². The number of hydrogen-bond acceptors (Lipinski definition) is 5. The van der Waals surface area contributed by atoms with Gasteiger partial charge in [-0.1, -0.05) is 6.07 Å². The molecule has 0 aromatic heterocycles. The Morgan fingerprint density at radius 1 is 1.00 bits per heavy atom. The molecule has 2 aliphatic rings. The van der Waals surface area contributed by atoms with Crippen molar-refractivity contribution in [1.82, 2.24) is 4.72 Å². The Balaban J connectivity index is 1.47. The number of nitrogens with one attached hydrogen (secondary N) is 2. The molecule has 2 N–H and O–H groups in total. The summed E-state index contributed by atoms with van der Waals surface area (Å²) in [5.74, 6) is -0.426. The Labute approximate surface area is 168 Å². The highest BCUT2D eigenvalue weighted by molar-refractivity contribution is 7.89. The number of hydrogen-bond donors (Lipinski definition) is 2. The van der Waals surface area contributed by atoms with Crippen LogP contribution in [0.1, 0.15) is 35.1 Å². The van der Waals surface area contributed by atoms with Gasteiger partial charge in [0.2, 0.25) is 15.9 Å². The van der Waals surface area contributed by atoms with Crippen LogP contribution in [0.15, 0.2) is 35.2 Å². The van der Waals surface area contributed by atoms with Crippen LogP contribution in [-0.2, 0) is 40.5 Å². The number of nitrogens with zero attached hydrogens (tertiary/aromatic N) is 1. The van der Waals surface area contributed by atoms with Gasteiger partial charge in [-0.3, -0.25) is 14.9 Å². The van der Waals surface area contributed by atoms with Crippen molar-refractivity contribution < 1.29 is 18.1 Å². The lowest BCUT2D eigenvalue weighted by Gasteiger charge is -2.16. The predicted octanol–water partition coefficient (Wildman–Crippen LogP) is 2.49. The largest absolute Gasteiger partial charge is 0.324 e. The van der Waals surface area contributed by atoms with E-state index in [1.807, 2.05) is 0 Å². The number of nitro benzene ring substituents is 1. The van der Waals surface area contributed by atoms with Crippen LogP contribution in [0.3, 0.4) is 0 Å². The van der Waals surface area contributed by atoms with E-state index in [4.69, 9.17) is 0 Å². The third-order valence-electron chi connectivity index (χ3n) is 5.52. The van der Waals surface area contributed by atoms with Crippen LogP contribution >= 0.6 is 0 Å². The first kappa shape index (κ1) is 19.5. The van der Waals surface area contributed by atoms with Crippen LogP contribution in [0, 0.1) is 10.1 Å². The molecule has 0 fully saturated rings. The second-order valence-electron chi connectivity index (χ2n) is 7.36. The van der Waals surface area contributed by atoms with Gasteiger partial charge in [0.25, 0.3) is 5.69 Å². The molecule has 0 radical (unpaired) electrons. The van der Waals surface area contributed by atoms with Crippen molar-refractivity contribution in [3.8, 4) is 0 Å². The quantitative estimate of drug-likeness (QED) is 0.555. The van der Waals surface area contributed by atoms with Gasteiger partial charge in [-0.25, -0.2) is 13.1 Å². The molecule has 0 aliphatic heterocycles. The van der Waals surface area contributed by atoms with Crippen molar-refractivity contribution in [2.45, 2.75) is 43.4 Å². The highest BCUT2D eigenvalue weighted by Gasteiger charge is 2.25. The lowest BCUT2D eigenvalue weighted by Crippen LogP contribution is -2.33. The van der Waals surface area contributed by atoms with E-state index >= 15 is 0 Å². The SMILES string of the molecule is O=C(CNS(=O)(=O)c1ccc([N+](=O)[O-])cc1)Nc1c2c(cc3c1CCC3)CCC2. The van der Waals surface area contributed by atoms with Gasteiger partial charge in [0, 0.05) is 17.8 Å². The molecule has 0 saturated heterocycles. The molecule has 152 valence electrons. The molecule has 0 saturated carbocycles.